The highest BCUT2D eigenvalue weighted by Gasteiger charge is 2.27. The first-order valence-corrected chi connectivity index (χ1v) is 12.3. The van der Waals surface area contributed by atoms with E-state index in [-0.39, 0.29) is 29.5 Å². The molecule has 32 heavy (non-hydrogen) atoms. The average Bonchev–Trinajstić information content (AvgIpc) is 2.79. The van der Waals surface area contributed by atoms with E-state index in [1.165, 1.54) is 16.4 Å². The number of likely N-dealkylation sites (tertiary alicyclic amines) is 1. The van der Waals surface area contributed by atoms with Crippen molar-refractivity contribution in [2.75, 3.05) is 30.5 Å². The summed E-state index contributed by atoms with van der Waals surface area (Å²) in [7, 11) is -3.89. The molecule has 0 unspecified atom stereocenters. The van der Waals surface area contributed by atoms with Gasteiger partial charge in [-0.1, -0.05) is 31.2 Å². The maximum absolute atomic E-state index is 13.4. The molecular weight excluding hydrogens is 428 g/mol. The Morgan fingerprint density at radius 3 is 2.38 bits per heavy atom. The molecule has 2 aromatic rings. The van der Waals surface area contributed by atoms with Gasteiger partial charge in [0.2, 0.25) is 0 Å². The molecule has 7 nitrogen and oxygen atoms in total. The quantitative estimate of drug-likeness (QED) is 0.592. The highest BCUT2D eigenvalue weighted by atomic mass is 32.2. The highest BCUT2D eigenvalue weighted by molar-refractivity contribution is 7.92. The van der Waals surface area contributed by atoms with Crippen molar-refractivity contribution in [1.82, 2.24) is 4.90 Å². The smallest absolute Gasteiger partial charge is 0.338 e. The Labute approximate surface area is 190 Å². The van der Waals surface area contributed by atoms with Gasteiger partial charge in [-0.25, -0.2) is 13.2 Å². The van der Waals surface area contributed by atoms with Crippen LogP contribution >= 0.6 is 0 Å². The zero-order chi connectivity index (χ0) is 23.3. The summed E-state index contributed by atoms with van der Waals surface area (Å²) in [5.41, 5.74) is 1.16. The van der Waals surface area contributed by atoms with E-state index in [1.807, 2.05) is 6.07 Å². The SMILES string of the molecule is CCN(c1ccccc1)S(=O)(=O)c1cc(C(=O)OCC(=O)N2CCC(C)CC2)ccc1C. The molecule has 1 saturated heterocycles. The number of carbonyl (C=O) groups excluding carboxylic acids is 2. The molecule has 1 fully saturated rings. The zero-order valence-corrected chi connectivity index (χ0v) is 19.6. The number of para-hydroxylation sites is 1. The first-order chi connectivity index (χ1) is 15.2. The number of aryl methyl sites for hydroxylation is 1. The summed E-state index contributed by atoms with van der Waals surface area (Å²) in [5.74, 6) is -0.359. The number of esters is 1. The number of sulfonamides is 1. The first-order valence-electron chi connectivity index (χ1n) is 10.9. The van der Waals surface area contributed by atoms with Crippen molar-refractivity contribution < 1.29 is 22.7 Å². The van der Waals surface area contributed by atoms with Gasteiger partial charge in [-0.2, -0.15) is 0 Å². The van der Waals surface area contributed by atoms with Crippen molar-refractivity contribution in [2.45, 2.75) is 38.5 Å². The number of anilines is 1. The van der Waals surface area contributed by atoms with E-state index in [9.17, 15) is 18.0 Å². The van der Waals surface area contributed by atoms with Crippen LogP contribution in [-0.4, -0.2) is 51.4 Å². The minimum absolute atomic E-state index is 0.0361. The highest BCUT2D eigenvalue weighted by Crippen LogP contribution is 2.26. The van der Waals surface area contributed by atoms with Crippen LogP contribution in [0.3, 0.4) is 0 Å². The fraction of sp³-hybridized carbons (Fsp3) is 0.417. The van der Waals surface area contributed by atoms with Crippen molar-refractivity contribution in [1.29, 1.82) is 0 Å². The third-order valence-corrected chi connectivity index (χ3v) is 7.83. The molecule has 0 spiro atoms. The normalized spacial score (nSPS) is 14.8. The molecule has 0 aromatic heterocycles. The molecule has 1 heterocycles. The van der Waals surface area contributed by atoms with Gasteiger partial charge in [-0.3, -0.25) is 9.10 Å². The molecule has 1 amide bonds. The van der Waals surface area contributed by atoms with Crippen LogP contribution in [-0.2, 0) is 19.6 Å². The molecule has 172 valence electrons. The fourth-order valence-corrected chi connectivity index (χ4v) is 5.50. The van der Waals surface area contributed by atoms with Gasteiger partial charge in [0.15, 0.2) is 6.61 Å². The number of hydrogen-bond acceptors (Lipinski definition) is 5. The number of rotatable bonds is 7. The molecule has 0 N–H and O–H groups in total. The van der Waals surface area contributed by atoms with E-state index in [0.717, 1.165) is 12.8 Å². The Bertz CT molecular complexity index is 1060. The van der Waals surface area contributed by atoms with Crippen LogP contribution < -0.4 is 4.31 Å². The van der Waals surface area contributed by atoms with Gasteiger partial charge in [0.1, 0.15) is 0 Å². The second-order valence-corrected chi connectivity index (χ2v) is 9.96. The van der Waals surface area contributed by atoms with Crippen LogP contribution in [0.5, 0.6) is 0 Å². The topological polar surface area (TPSA) is 84.0 Å². The van der Waals surface area contributed by atoms with Crippen molar-refractivity contribution in [3.63, 3.8) is 0 Å². The Morgan fingerprint density at radius 1 is 1.09 bits per heavy atom. The summed E-state index contributed by atoms with van der Waals surface area (Å²) in [5, 5.41) is 0. The molecule has 1 aliphatic rings. The number of amides is 1. The Balaban J connectivity index is 1.76. The summed E-state index contributed by atoms with van der Waals surface area (Å²) in [6.07, 6.45) is 1.88. The average molecular weight is 459 g/mol. The predicted octanol–water partition coefficient (Wildman–Crippen LogP) is 3.63. The van der Waals surface area contributed by atoms with E-state index >= 15 is 0 Å². The summed E-state index contributed by atoms with van der Waals surface area (Å²) in [6.45, 7) is 6.81. The van der Waals surface area contributed by atoms with E-state index in [1.54, 1.807) is 49.1 Å². The zero-order valence-electron chi connectivity index (χ0n) is 18.8. The van der Waals surface area contributed by atoms with Crippen molar-refractivity contribution >= 4 is 27.6 Å². The molecule has 1 aliphatic heterocycles. The lowest BCUT2D eigenvalue weighted by Crippen LogP contribution is -2.40. The van der Waals surface area contributed by atoms with Crippen LogP contribution in [0, 0.1) is 12.8 Å². The van der Waals surface area contributed by atoms with Gasteiger partial charge in [0.05, 0.1) is 16.1 Å². The molecule has 0 bridgehead atoms. The maximum atomic E-state index is 13.4. The summed E-state index contributed by atoms with van der Waals surface area (Å²) in [4.78, 5) is 26.7. The van der Waals surface area contributed by atoms with Crippen LogP contribution in [0.2, 0.25) is 0 Å². The lowest BCUT2D eigenvalue weighted by molar-refractivity contribution is -0.135. The minimum atomic E-state index is -3.89. The van der Waals surface area contributed by atoms with Crippen molar-refractivity contribution in [3.8, 4) is 0 Å². The minimum Gasteiger partial charge on any atom is -0.452 e. The molecule has 0 radical (unpaired) electrons. The first kappa shape index (κ1) is 23.8. The largest absolute Gasteiger partial charge is 0.452 e. The monoisotopic (exact) mass is 458 g/mol. The molecule has 0 saturated carbocycles. The summed E-state index contributed by atoms with van der Waals surface area (Å²) >= 11 is 0. The molecular formula is C24H30N2O5S. The molecule has 2 aromatic carbocycles. The van der Waals surface area contributed by atoms with Gasteiger partial charge in [0.25, 0.3) is 15.9 Å². The Morgan fingerprint density at radius 2 is 1.75 bits per heavy atom. The van der Waals surface area contributed by atoms with E-state index in [2.05, 4.69) is 6.92 Å². The third-order valence-electron chi connectivity index (χ3n) is 5.79. The number of ether oxygens (including phenoxy) is 1. The number of hydrogen-bond donors (Lipinski definition) is 0. The number of piperidine rings is 1. The van der Waals surface area contributed by atoms with Crippen molar-refractivity contribution in [2.24, 2.45) is 5.92 Å². The van der Waals surface area contributed by atoms with Gasteiger partial charge in [0, 0.05) is 19.6 Å². The van der Waals surface area contributed by atoms with E-state index < -0.39 is 16.0 Å². The van der Waals surface area contributed by atoms with Crippen LogP contribution in [0.15, 0.2) is 53.4 Å². The van der Waals surface area contributed by atoms with E-state index in [4.69, 9.17) is 4.74 Å². The van der Waals surface area contributed by atoms with Gasteiger partial charge in [-0.05, 0) is 62.4 Å². The lowest BCUT2D eigenvalue weighted by atomic mass is 9.99. The number of benzene rings is 2. The fourth-order valence-electron chi connectivity index (χ4n) is 3.77. The van der Waals surface area contributed by atoms with Crippen LogP contribution in [0.1, 0.15) is 42.6 Å². The summed E-state index contributed by atoms with van der Waals surface area (Å²) in [6, 6.07) is 13.2. The Kier molecular flexibility index (Phi) is 7.56. The lowest BCUT2D eigenvalue weighted by Gasteiger charge is -2.30. The van der Waals surface area contributed by atoms with Crippen molar-refractivity contribution in [3.05, 3.63) is 59.7 Å². The standard InChI is InChI=1S/C24H30N2O5S/c1-4-26(21-8-6-5-7-9-21)32(29,30)22-16-20(11-10-19(22)3)24(28)31-17-23(27)25-14-12-18(2)13-15-25/h5-11,16,18H,4,12-15,17H2,1-3H3. The predicted molar refractivity (Wildman–Crippen MR) is 123 cm³/mol. The summed E-state index contributed by atoms with van der Waals surface area (Å²) < 4.78 is 33.3. The van der Waals surface area contributed by atoms with Crippen LogP contribution in [0.4, 0.5) is 5.69 Å². The third kappa shape index (κ3) is 5.30. The second-order valence-electron chi connectivity index (χ2n) is 8.13. The molecule has 0 atom stereocenters. The Hall–Kier alpha value is -2.87. The van der Waals surface area contributed by atoms with E-state index in [0.29, 0.717) is 30.3 Å². The number of carbonyl (C=O) groups is 2. The van der Waals surface area contributed by atoms with Gasteiger partial charge in [-0.15, -0.1) is 0 Å². The number of nitrogens with zero attached hydrogens (tertiary/aromatic N) is 2. The molecule has 3 rings (SSSR count). The van der Waals surface area contributed by atoms with Gasteiger partial charge >= 0.3 is 5.97 Å². The molecule has 8 heteroatoms. The maximum Gasteiger partial charge on any atom is 0.338 e. The van der Waals surface area contributed by atoms with Gasteiger partial charge < -0.3 is 9.64 Å². The van der Waals surface area contributed by atoms with Crippen LogP contribution in [0.25, 0.3) is 0 Å². The molecule has 0 aliphatic carbocycles. The second kappa shape index (κ2) is 10.2.